The molecule has 8 nitrogen and oxygen atoms in total. The molecule has 1 aliphatic heterocycles. The van der Waals surface area contributed by atoms with E-state index in [2.05, 4.69) is 15.5 Å². The number of nitrogens with one attached hydrogen (secondary N) is 2. The van der Waals surface area contributed by atoms with Crippen molar-refractivity contribution >= 4 is 21.7 Å². The van der Waals surface area contributed by atoms with Crippen LogP contribution in [0.25, 0.3) is 0 Å². The average molecular weight is 369 g/mol. The molecular weight excluding hydrogens is 346 g/mol. The van der Waals surface area contributed by atoms with Crippen LogP contribution in [0.15, 0.2) is 29.2 Å². The zero-order chi connectivity index (χ0) is 18.3. The zero-order valence-corrected chi connectivity index (χ0v) is 15.0. The molecule has 2 N–H and O–H groups in total. The molecular formula is C16H23N3O5S. The number of sulfone groups is 1. The van der Waals surface area contributed by atoms with E-state index in [1.807, 2.05) is 0 Å². The molecule has 1 fully saturated rings. The Morgan fingerprint density at radius 3 is 2.60 bits per heavy atom. The van der Waals surface area contributed by atoms with Crippen LogP contribution >= 0.6 is 0 Å². The lowest BCUT2D eigenvalue weighted by atomic mass is 10.2. The van der Waals surface area contributed by atoms with E-state index in [1.54, 1.807) is 0 Å². The van der Waals surface area contributed by atoms with Gasteiger partial charge < -0.3 is 15.4 Å². The van der Waals surface area contributed by atoms with Gasteiger partial charge in [0, 0.05) is 38.0 Å². The van der Waals surface area contributed by atoms with Crippen molar-refractivity contribution in [3.8, 4) is 0 Å². The number of morpholine rings is 1. The molecule has 0 radical (unpaired) electrons. The van der Waals surface area contributed by atoms with Gasteiger partial charge in [0.15, 0.2) is 9.84 Å². The zero-order valence-electron chi connectivity index (χ0n) is 14.2. The van der Waals surface area contributed by atoms with Crippen LogP contribution in [0.2, 0.25) is 0 Å². The van der Waals surface area contributed by atoms with Gasteiger partial charge in [-0.25, -0.2) is 8.42 Å². The van der Waals surface area contributed by atoms with Crippen molar-refractivity contribution in [2.45, 2.75) is 4.90 Å². The summed E-state index contributed by atoms with van der Waals surface area (Å²) in [6.07, 6.45) is 1.08. The molecule has 1 aromatic rings. The van der Waals surface area contributed by atoms with Crippen LogP contribution in [0.4, 0.5) is 0 Å². The Kier molecular flexibility index (Phi) is 6.91. The second-order valence-electron chi connectivity index (χ2n) is 5.79. The van der Waals surface area contributed by atoms with Gasteiger partial charge in [-0.2, -0.15) is 0 Å². The summed E-state index contributed by atoms with van der Waals surface area (Å²) < 4.78 is 28.3. The van der Waals surface area contributed by atoms with E-state index < -0.39 is 15.7 Å². The molecule has 0 spiro atoms. The molecule has 0 atom stereocenters. The molecule has 25 heavy (non-hydrogen) atoms. The van der Waals surface area contributed by atoms with Crippen molar-refractivity contribution in [3.63, 3.8) is 0 Å². The van der Waals surface area contributed by atoms with E-state index in [0.29, 0.717) is 19.8 Å². The van der Waals surface area contributed by atoms with Gasteiger partial charge in [-0.1, -0.05) is 6.07 Å². The van der Waals surface area contributed by atoms with E-state index in [0.717, 1.165) is 25.9 Å². The summed E-state index contributed by atoms with van der Waals surface area (Å²) in [6, 6.07) is 5.71. The number of ether oxygens (including phenoxy) is 1. The number of rotatable bonds is 7. The Morgan fingerprint density at radius 2 is 1.92 bits per heavy atom. The summed E-state index contributed by atoms with van der Waals surface area (Å²) >= 11 is 0. The number of amides is 2. The van der Waals surface area contributed by atoms with Gasteiger partial charge in [-0.05, 0) is 18.2 Å². The lowest BCUT2D eigenvalue weighted by Crippen LogP contribution is -2.43. The van der Waals surface area contributed by atoms with Crippen molar-refractivity contribution < 1.29 is 22.7 Å². The lowest BCUT2D eigenvalue weighted by Gasteiger charge is -2.26. The fourth-order valence-electron chi connectivity index (χ4n) is 2.37. The minimum absolute atomic E-state index is 0.0649. The molecule has 1 heterocycles. The second-order valence-corrected chi connectivity index (χ2v) is 7.80. The van der Waals surface area contributed by atoms with Crippen LogP contribution in [-0.4, -0.2) is 77.3 Å². The van der Waals surface area contributed by atoms with Crippen LogP contribution in [-0.2, 0) is 19.4 Å². The minimum atomic E-state index is -3.39. The van der Waals surface area contributed by atoms with Crippen LogP contribution in [0.3, 0.4) is 0 Å². The highest BCUT2D eigenvalue weighted by atomic mass is 32.2. The lowest BCUT2D eigenvalue weighted by molar-refractivity contribution is -0.120. The molecule has 138 valence electrons. The number of hydrogen-bond donors (Lipinski definition) is 2. The topological polar surface area (TPSA) is 105 Å². The Hall–Kier alpha value is -1.97. The van der Waals surface area contributed by atoms with E-state index >= 15 is 0 Å². The summed E-state index contributed by atoms with van der Waals surface area (Å²) in [5, 5.41) is 5.23. The highest BCUT2D eigenvalue weighted by molar-refractivity contribution is 7.90. The van der Waals surface area contributed by atoms with Gasteiger partial charge in [0.25, 0.3) is 5.91 Å². The Bertz CT molecular complexity index is 714. The van der Waals surface area contributed by atoms with E-state index in [-0.39, 0.29) is 22.9 Å². The molecule has 1 aromatic carbocycles. The third-order valence-corrected chi connectivity index (χ3v) is 4.90. The number of nitrogens with zero attached hydrogens (tertiary/aromatic N) is 1. The van der Waals surface area contributed by atoms with Gasteiger partial charge in [-0.15, -0.1) is 0 Å². The number of benzene rings is 1. The first kappa shape index (κ1) is 19.4. The molecule has 1 saturated heterocycles. The molecule has 0 aromatic heterocycles. The molecule has 2 amide bonds. The maximum Gasteiger partial charge on any atom is 0.251 e. The Morgan fingerprint density at radius 1 is 1.20 bits per heavy atom. The molecule has 0 unspecified atom stereocenters. The standard InChI is InChI=1S/C16H23N3O5S/c1-25(22,23)14-4-2-3-13(11-14)16(21)18-12-15(20)17-5-6-19-7-9-24-10-8-19/h2-4,11H,5-10,12H2,1H3,(H,17,20)(H,18,21). The smallest absolute Gasteiger partial charge is 0.251 e. The van der Waals surface area contributed by atoms with E-state index in [4.69, 9.17) is 4.74 Å². The van der Waals surface area contributed by atoms with Crippen molar-refractivity contribution in [2.75, 3.05) is 52.2 Å². The summed E-state index contributed by atoms with van der Waals surface area (Å²) in [4.78, 5) is 26.1. The van der Waals surface area contributed by atoms with Crippen molar-refractivity contribution in [1.29, 1.82) is 0 Å². The summed E-state index contributed by atoms with van der Waals surface area (Å²) in [6.45, 7) is 4.18. The van der Waals surface area contributed by atoms with E-state index in [9.17, 15) is 18.0 Å². The first-order chi connectivity index (χ1) is 11.9. The molecule has 0 bridgehead atoms. The normalized spacial score (nSPS) is 15.6. The first-order valence-electron chi connectivity index (χ1n) is 8.01. The number of carbonyl (C=O) groups excluding carboxylic acids is 2. The van der Waals surface area contributed by atoms with Crippen molar-refractivity contribution in [3.05, 3.63) is 29.8 Å². The molecule has 0 aliphatic carbocycles. The van der Waals surface area contributed by atoms with Crippen LogP contribution in [0.1, 0.15) is 10.4 Å². The molecule has 9 heteroatoms. The maximum absolute atomic E-state index is 12.0. The van der Waals surface area contributed by atoms with Gasteiger partial charge in [0.05, 0.1) is 24.7 Å². The number of carbonyl (C=O) groups is 2. The number of hydrogen-bond acceptors (Lipinski definition) is 6. The third kappa shape index (κ3) is 6.45. The predicted molar refractivity (Wildman–Crippen MR) is 92.2 cm³/mol. The van der Waals surface area contributed by atoms with Gasteiger partial charge in [-0.3, -0.25) is 14.5 Å². The highest BCUT2D eigenvalue weighted by Crippen LogP contribution is 2.11. The fraction of sp³-hybridized carbons (Fsp3) is 0.500. The summed E-state index contributed by atoms with van der Waals surface area (Å²) in [5.74, 6) is -0.783. The quantitative estimate of drug-likeness (QED) is 0.657. The fourth-order valence-corrected chi connectivity index (χ4v) is 3.04. The largest absolute Gasteiger partial charge is 0.379 e. The maximum atomic E-state index is 12.0. The summed E-state index contributed by atoms with van der Waals surface area (Å²) in [7, 11) is -3.39. The van der Waals surface area contributed by atoms with Crippen LogP contribution < -0.4 is 10.6 Å². The Balaban J connectivity index is 1.74. The molecule has 2 rings (SSSR count). The summed E-state index contributed by atoms with van der Waals surface area (Å²) in [5.41, 5.74) is 0.198. The van der Waals surface area contributed by atoms with Gasteiger partial charge in [0.2, 0.25) is 5.91 Å². The van der Waals surface area contributed by atoms with Crippen molar-refractivity contribution in [1.82, 2.24) is 15.5 Å². The third-order valence-electron chi connectivity index (χ3n) is 3.79. The second kappa shape index (κ2) is 8.93. The monoisotopic (exact) mass is 369 g/mol. The average Bonchev–Trinajstić information content (AvgIpc) is 2.60. The predicted octanol–water partition coefficient (Wildman–Crippen LogP) is -0.732. The van der Waals surface area contributed by atoms with E-state index in [1.165, 1.54) is 24.3 Å². The van der Waals surface area contributed by atoms with Crippen LogP contribution in [0, 0.1) is 0 Å². The van der Waals surface area contributed by atoms with Crippen LogP contribution in [0.5, 0.6) is 0 Å². The SMILES string of the molecule is CS(=O)(=O)c1cccc(C(=O)NCC(=O)NCCN2CCOCC2)c1. The molecule has 1 aliphatic rings. The minimum Gasteiger partial charge on any atom is -0.379 e. The Labute approximate surface area is 147 Å². The van der Waals surface area contributed by atoms with Crippen molar-refractivity contribution in [2.24, 2.45) is 0 Å². The highest BCUT2D eigenvalue weighted by Gasteiger charge is 2.13. The van der Waals surface area contributed by atoms with Gasteiger partial charge in [0.1, 0.15) is 0 Å². The molecule has 0 saturated carbocycles. The van der Waals surface area contributed by atoms with Gasteiger partial charge >= 0.3 is 0 Å². The first-order valence-corrected chi connectivity index (χ1v) is 9.90.